The maximum absolute atomic E-state index is 10.8. The fourth-order valence-electron chi connectivity index (χ4n) is 1.50. The zero-order valence-corrected chi connectivity index (χ0v) is 12.3. The number of methoxy groups -OCH3 is 1. The van der Waals surface area contributed by atoms with Crippen LogP contribution in [-0.2, 0) is 19.0 Å². The van der Waals surface area contributed by atoms with Gasteiger partial charge in [0.25, 0.3) is 0 Å². The minimum absolute atomic E-state index is 0.350. The summed E-state index contributed by atoms with van der Waals surface area (Å²) in [7, 11) is 1.64. The smallest absolute Gasteiger partial charge is 0.307 e. The van der Waals surface area contributed by atoms with Crippen LogP contribution in [0.1, 0.15) is 13.8 Å². The number of rotatable bonds is 13. The van der Waals surface area contributed by atoms with E-state index < -0.39 is 5.97 Å². The molecule has 0 bridgehead atoms. The van der Waals surface area contributed by atoms with Gasteiger partial charge in [-0.15, -0.1) is 0 Å². The molecule has 0 aromatic heterocycles. The van der Waals surface area contributed by atoms with Crippen LogP contribution in [0.15, 0.2) is 0 Å². The van der Waals surface area contributed by atoms with E-state index in [1.807, 2.05) is 6.92 Å². The molecule has 0 aliphatic heterocycles. The first-order valence-electron chi connectivity index (χ1n) is 6.71. The number of carboxylic acid groups (broad SMARTS) is 1. The molecule has 0 aromatic rings. The van der Waals surface area contributed by atoms with Crippen LogP contribution in [0.2, 0.25) is 0 Å². The summed E-state index contributed by atoms with van der Waals surface area (Å²) in [5.41, 5.74) is 0. The van der Waals surface area contributed by atoms with Gasteiger partial charge in [-0.05, 0) is 6.54 Å². The van der Waals surface area contributed by atoms with E-state index in [4.69, 9.17) is 19.3 Å². The standard InChI is InChI=1S/C13H27NO5/c1-4-14(11-12(2)13(15)16)5-6-18-9-10-19-8-7-17-3/h12H,4-11H2,1-3H3,(H,15,16). The number of nitrogens with zero attached hydrogens (tertiary/aromatic N) is 1. The van der Waals surface area contributed by atoms with Crippen molar-refractivity contribution in [3.63, 3.8) is 0 Å². The van der Waals surface area contributed by atoms with E-state index in [1.165, 1.54) is 0 Å². The van der Waals surface area contributed by atoms with Crippen LogP contribution in [0.25, 0.3) is 0 Å². The van der Waals surface area contributed by atoms with Crippen LogP contribution in [0, 0.1) is 5.92 Å². The Bertz CT molecular complexity index is 225. The molecule has 19 heavy (non-hydrogen) atoms. The summed E-state index contributed by atoms with van der Waals surface area (Å²) in [6.45, 7) is 8.73. The molecule has 6 nitrogen and oxygen atoms in total. The Hall–Kier alpha value is -0.690. The maximum Gasteiger partial charge on any atom is 0.307 e. The van der Waals surface area contributed by atoms with E-state index in [1.54, 1.807) is 14.0 Å². The molecule has 114 valence electrons. The molecule has 0 aromatic carbocycles. The third-order valence-electron chi connectivity index (χ3n) is 2.76. The number of hydrogen-bond donors (Lipinski definition) is 1. The van der Waals surface area contributed by atoms with Crippen molar-refractivity contribution in [2.75, 3.05) is 59.8 Å². The SMILES string of the molecule is CCN(CCOCCOCCOC)CC(C)C(=O)O. The molecule has 0 saturated heterocycles. The Morgan fingerprint density at radius 1 is 1.16 bits per heavy atom. The molecule has 0 fully saturated rings. The monoisotopic (exact) mass is 277 g/mol. The molecule has 0 aliphatic rings. The zero-order chi connectivity index (χ0) is 14.5. The van der Waals surface area contributed by atoms with Crippen molar-refractivity contribution in [3.05, 3.63) is 0 Å². The topological polar surface area (TPSA) is 68.2 Å². The second kappa shape index (κ2) is 12.3. The molecule has 0 amide bonds. The molecule has 0 heterocycles. The third kappa shape index (κ3) is 10.9. The average molecular weight is 277 g/mol. The van der Waals surface area contributed by atoms with Crippen LogP contribution in [0.4, 0.5) is 0 Å². The number of carbonyl (C=O) groups is 1. The van der Waals surface area contributed by atoms with Crippen molar-refractivity contribution >= 4 is 5.97 Å². The Morgan fingerprint density at radius 3 is 2.26 bits per heavy atom. The van der Waals surface area contributed by atoms with Gasteiger partial charge in [0, 0.05) is 20.2 Å². The van der Waals surface area contributed by atoms with Gasteiger partial charge in [0.2, 0.25) is 0 Å². The highest BCUT2D eigenvalue weighted by Crippen LogP contribution is 2.00. The van der Waals surface area contributed by atoms with Gasteiger partial charge in [-0.1, -0.05) is 13.8 Å². The fourth-order valence-corrected chi connectivity index (χ4v) is 1.50. The van der Waals surface area contributed by atoms with Crippen molar-refractivity contribution in [3.8, 4) is 0 Å². The highest BCUT2D eigenvalue weighted by Gasteiger charge is 2.14. The minimum Gasteiger partial charge on any atom is -0.481 e. The molecule has 0 rings (SSSR count). The summed E-state index contributed by atoms with van der Waals surface area (Å²) in [6, 6.07) is 0. The molecule has 1 N–H and O–H groups in total. The van der Waals surface area contributed by atoms with Gasteiger partial charge in [-0.3, -0.25) is 4.79 Å². The van der Waals surface area contributed by atoms with Crippen molar-refractivity contribution in [2.24, 2.45) is 5.92 Å². The first-order valence-corrected chi connectivity index (χ1v) is 6.71. The van der Waals surface area contributed by atoms with Crippen LogP contribution >= 0.6 is 0 Å². The van der Waals surface area contributed by atoms with E-state index in [0.29, 0.717) is 39.6 Å². The van der Waals surface area contributed by atoms with Gasteiger partial charge in [-0.2, -0.15) is 0 Å². The Morgan fingerprint density at radius 2 is 1.74 bits per heavy atom. The number of aliphatic carboxylic acids is 1. The van der Waals surface area contributed by atoms with E-state index >= 15 is 0 Å². The zero-order valence-electron chi connectivity index (χ0n) is 12.3. The lowest BCUT2D eigenvalue weighted by Crippen LogP contribution is -2.34. The number of ether oxygens (including phenoxy) is 3. The van der Waals surface area contributed by atoms with Gasteiger partial charge >= 0.3 is 5.97 Å². The Balaban J connectivity index is 3.48. The highest BCUT2D eigenvalue weighted by atomic mass is 16.5. The van der Waals surface area contributed by atoms with Crippen LogP contribution < -0.4 is 0 Å². The quantitative estimate of drug-likeness (QED) is 0.500. The molecule has 0 radical (unpaired) electrons. The van der Waals surface area contributed by atoms with Gasteiger partial charge in [0.15, 0.2) is 0 Å². The van der Waals surface area contributed by atoms with E-state index in [2.05, 4.69) is 4.90 Å². The van der Waals surface area contributed by atoms with Crippen LogP contribution in [-0.4, -0.2) is 75.8 Å². The molecule has 0 spiro atoms. The van der Waals surface area contributed by atoms with Gasteiger partial charge in [0.1, 0.15) is 0 Å². The lowest BCUT2D eigenvalue weighted by atomic mass is 10.2. The van der Waals surface area contributed by atoms with Crippen molar-refractivity contribution in [1.29, 1.82) is 0 Å². The molecule has 6 heteroatoms. The predicted octanol–water partition coefficient (Wildman–Crippen LogP) is 0.709. The lowest BCUT2D eigenvalue weighted by molar-refractivity contribution is -0.141. The predicted molar refractivity (Wildman–Crippen MR) is 72.4 cm³/mol. The van der Waals surface area contributed by atoms with Crippen LogP contribution in [0.5, 0.6) is 0 Å². The first-order chi connectivity index (χ1) is 9.11. The fraction of sp³-hybridized carbons (Fsp3) is 0.923. The molecule has 1 atom stereocenters. The maximum atomic E-state index is 10.8. The number of carboxylic acids is 1. The molecule has 0 aliphatic carbocycles. The van der Waals surface area contributed by atoms with Gasteiger partial charge in [0.05, 0.1) is 39.0 Å². The highest BCUT2D eigenvalue weighted by molar-refractivity contribution is 5.69. The average Bonchev–Trinajstić information content (AvgIpc) is 2.39. The van der Waals surface area contributed by atoms with Crippen molar-refractivity contribution in [1.82, 2.24) is 4.90 Å². The van der Waals surface area contributed by atoms with Crippen LogP contribution in [0.3, 0.4) is 0 Å². The second-order valence-electron chi connectivity index (χ2n) is 4.35. The second-order valence-corrected chi connectivity index (χ2v) is 4.35. The normalized spacial score (nSPS) is 12.8. The van der Waals surface area contributed by atoms with E-state index in [-0.39, 0.29) is 5.92 Å². The molecule has 0 saturated carbocycles. The summed E-state index contributed by atoms with van der Waals surface area (Å²) in [6.07, 6.45) is 0. The summed E-state index contributed by atoms with van der Waals surface area (Å²) in [5, 5.41) is 8.85. The Kier molecular flexibility index (Phi) is 11.9. The number of hydrogen-bond acceptors (Lipinski definition) is 5. The summed E-state index contributed by atoms with van der Waals surface area (Å²) in [5.74, 6) is -1.11. The third-order valence-corrected chi connectivity index (χ3v) is 2.76. The summed E-state index contributed by atoms with van der Waals surface area (Å²) in [4.78, 5) is 12.8. The van der Waals surface area contributed by atoms with Crippen molar-refractivity contribution < 1.29 is 24.1 Å². The van der Waals surface area contributed by atoms with Crippen molar-refractivity contribution in [2.45, 2.75) is 13.8 Å². The molecular formula is C13H27NO5. The largest absolute Gasteiger partial charge is 0.481 e. The van der Waals surface area contributed by atoms with E-state index in [9.17, 15) is 4.79 Å². The van der Waals surface area contributed by atoms with E-state index in [0.717, 1.165) is 13.1 Å². The molecule has 1 unspecified atom stereocenters. The number of likely N-dealkylation sites (N-methyl/N-ethyl adjacent to an activating group) is 1. The van der Waals surface area contributed by atoms with Gasteiger partial charge < -0.3 is 24.2 Å². The first kappa shape index (κ1) is 18.3. The summed E-state index contributed by atoms with van der Waals surface area (Å²) < 4.78 is 15.5. The minimum atomic E-state index is -0.758. The Labute approximate surface area is 115 Å². The summed E-state index contributed by atoms with van der Waals surface area (Å²) >= 11 is 0. The van der Waals surface area contributed by atoms with Gasteiger partial charge in [-0.25, -0.2) is 0 Å². The molecular weight excluding hydrogens is 250 g/mol. The lowest BCUT2D eigenvalue weighted by Gasteiger charge is -2.22.